The van der Waals surface area contributed by atoms with E-state index in [0.717, 1.165) is 42.3 Å². The van der Waals surface area contributed by atoms with Gasteiger partial charge in [-0.15, -0.1) is 0 Å². The summed E-state index contributed by atoms with van der Waals surface area (Å²) in [6.07, 6.45) is 4.98. The summed E-state index contributed by atoms with van der Waals surface area (Å²) in [5, 5.41) is 7.21. The molecule has 0 aliphatic carbocycles. The Hall–Kier alpha value is -2.34. The molecule has 0 spiro atoms. The topological polar surface area (TPSA) is 61.5 Å². The van der Waals surface area contributed by atoms with Crippen LogP contribution in [0, 0.1) is 25.7 Å². The maximum Gasteiger partial charge on any atom is 0.257 e. The van der Waals surface area contributed by atoms with Gasteiger partial charge in [-0.3, -0.25) is 14.8 Å². The van der Waals surface area contributed by atoms with E-state index in [0.29, 0.717) is 23.9 Å². The van der Waals surface area contributed by atoms with E-state index in [4.69, 9.17) is 4.74 Å². The first kappa shape index (κ1) is 19.6. The van der Waals surface area contributed by atoms with Gasteiger partial charge in [-0.2, -0.15) is 5.10 Å². The minimum Gasteiger partial charge on any atom is -0.497 e. The third-order valence-electron chi connectivity index (χ3n) is 7.52. The number of fused-ring (bicyclic) bond motifs is 4. The number of hydrogen-bond donors (Lipinski definition) is 1. The summed E-state index contributed by atoms with van der Waals surface area (Å²) >= 11 is 0. The molecule has 1 aromatic heterocycles. The minimum absolute atomic E-state index is 0.157. The van der Waals surface area contributed by atoms with Crippen molar-refractivity contribution >= 4 is 5.91 Å². The molecule has 2 bridgehead atoms. The van der Waals surface area contributed by atoms with Gasteiger partial charge < -0.3 is 9.64 Å². The normalized spacial score (nSPS) is 28.8. The molecule has 3 aliphatic rings. The number of aryl methyl sites for hydroxylation is 2. The Morgan fingerprint density at radius 3 is 2.63 bits per heavy atom. The first-order valence-electron chi connectivity index (χ1n) is 11.3. The van der Waals surface area contributed by atoms with Crippen molar-refractivity contribution < 1.29 is 9.53 Å². The van der Waals surface area contributed by atoms with Gasteiger partial charge in [-0.25, -0.2) is 0 Å². The molecule has 2 aromatic rings. The largest absolute Gasteiger partial charge is 0.497 e. The maximum absolute atomic E-state index is 13.3. The molecule has 0 radical (unpaired) electrons. The highest BCUT2D eigenvalue weighted by atomic mass is 16.5. The Morgan fingerprint density at radius 1 is 1.13 bits per heavy atom. The monoisotopic (exact) mass is 408 g/mol. The van der Waals surface area contributed by atoms with E-state index in [1.165, 1.54) is 31.2 Å². The van der Waals surface area contributed by atoms with Gasteiger partial charge >= 0.3 is 0 Å². The SMILES string of the molecule is COc1ccc([C@H]2CCC[C@H]3[C@@H]4C[C@@H](CN(C(=O)c5c(C)n[nH]c5C)C4)CN23)cc1. The van der Waals surface area contributed by atoms with Gasteiger partial charge in [0.05, 0.1) is 18.4 Å². The standard InChI is InChI=1S/C24H32N4O2/c1-15-23(16(2)26-25-15)24(29)27-12-17-11-19(14-27)22-6-4-5-21(28(22)13-17)18-7-9-20(30-3)10-8-18/h7-10,17,19,21-22H,4-6,11-14H2,1-3H3,(H,25,26)/t17-,19+,21+,22-/m0/s1. The van der Waals surface area contributed by atoms with E-state index in [2.05, 4.69) is 44.3 Å². The van der Waals surface area contributed by atoms with Crippen LogP contribution in [0.25, 0.3) is 0 Å². The second-order valence-corrected chi connectivity index (χ2v) is 9.36. The number of piperidine rings is 3. The second-order valence-electron chi connectivity index (χ2n) is 9.36. The zero-order chi connectivity index (χ0) is 20.8. The van der Waals surface area contributed by atoms with Crippen molar-refractivity contribution in [3.63, 3.8) is 0 Å². The number of benzene rings is 1. The fraction of sp³-hybridized carbons (Fsp3) is 0.583. The number of methoxy groups -OCH3 is 1. The summed E-state index contributed by atoms with van der Waals surface area (Å²) in [5.74, 6) is 2.19. The predicted octanol–water partition coefficient (Wildman–Crippen LogP) is 3.72. The smallest absolute Gasteiger partial charge is 0.257 e. The Labute approximate surface area is 178 Å². The Morgan fingerprint density at radius 2 is 1.93 bits per heavy atom. The zero-order valence-electron chi connectivity index (χ0n) is 18.2. The number of H-pyrrole nitrogens is 1. The third-order valence-corrected chi connectivity index (χ3v) is 7.52. The molecule has 1 aromatic carbocycles. The highest BCUT2D eigenvalue weighted by molar-refractivity contribution is 5.96. The molecule has 3 saturated heterocycles. The number of ether oxygens (including phenoxy) is 1. The first-order chi connectivity index (χ1) is 14.5. The van der Waals surface area contributed by atoms with E-state index in [1.54, 1.807) is 7.11 Å². The van der Waals surface area contributed by atoms with Crippen molar-refractivity contribution in [2.75, 3.05) is 26.7 Å². The van der Waals surface area contributed by atoms with Gasteiger partial charge in [0.2, 0.25) is 0 Å². The molecular weight excluding hydrogens is 376 g/mol. The van der Waals surface area contributed by atoms with Gasteiger partial charge in [0.1, 0.15) is 5.75 Å². The molecule has 3 fully saturated rings. The van der Waals surface area contributed by atoms with E-state index in [-0.39, 0.29) is 5.91 Å². The quantitative estimate of drug-likeness (QED) is 0.841. The number of nitrogens with zero attached hydrogens (tertiary/aromatic N) is 3. The van der Waals surface area contributed by atoms with E-state index in [1.807, 2.05) is 13.8 Å². The number of aromatic nitrogens is 2. The number of rotatable bonds is 3. The lowest BCUT2D eigenvalue weighted by Crippen LogP contribution is -2.60. The van der Waals surface area contributed by atoms with Crippen LogP contribution >= 0.6 is 0 Å². The highest BCUT2D eigenvalue weighted by Crippen LogP contribution is 2.44. The second kappa shape index (κ2) is 7.73. The molecule has 3 aliphatic heterocycles. The third kappa shape index (κ3) is 3.31. The zero-order valence-corrected chi connectivity index (χ0v) is 18.2. The molecule has 0 saturated carbocycles. The summed E-state index contributed by atoms with van der Waals surface area (Å²) in [7, 11) is 1.72. The van der Waals surface area contributed by atoms with Crippen molar-refractivity contribution in [2.45, 2.75) is 51.6 Å². The average Bonchev–Trinajstić information content (AvgIpc) is 3.10. The Bertz CT molecular complexity index is 902. The van der Waals surface area contributed by atoms with Gasteiger partial charge in [-0.05, 0) is 69.1 Å². The summed E-state index contributed by atoms with van der Waals surface area (Å²) in [5.41, 5.74) is 3.86. The van der Waals surface area contributed by atoms with Gasteiger partial charge in [0, 0.05) is 37.4 Å². The number of carbonyl (C=O) groups excluding carboxylic acids is 1. The van der Waals surface area contributed by atoms with Crippen LogP contribution in [0.4, 0.5) is 0 Å². The van der Waals surface area contributed by atoms with Crippen LogP contribution < -0.4 is 4.74 Å². The van der Waals surface area contributed by atoms with Gasteiger partial charge in [-0.1, -0.05) is 12.1 Å². The van der Waals surface area contributed by atoms with Crippen molar-refractivity contribution in [2.24, 2.45) is 11.8 Å². The Balaban J connectivity index is 1.36. The number of amides is 1. The van der Waals surface area contributed by atoms with Crippen LogP contribution in [0.5, 0.6) is 5.75 Å². The number of aromatic amines is 1. The van der Waals surface area contributed by atoms with Crippen molar-refractivity contribution in [3.8, 4) is 5.75 Å². The fourth-order valence-corrected chi connectivity index (χ4v) is 6.18. The van der Waals surface area contributed by atoms with E-state index >= 15 is 0 Å². The van der Waals surface area contributed by atoms with E-state index in [9.17, 15) is 4.79 Å². The van der Waals surface area contributed by atoms with Crippen LogP contribution in [-0.2, 0) is 0 Å². The molecule has 6 heteroatoms. The van der Waals surface area contributed by atoms with Crippen LogP contribution in [0.15, 0.2) is 24.3 Å². The van der Waals surface area contributed by atoms with Crippen LogP contribution in [-0.4, -0.2) is 58.7 Å². The molecule has 1 amide bonds. The molecule has 4 heterocycles. The fourth-order valence-electron chi connectivity index (χ4n) is 6.18. The van der Waals surface area contributed by atoms with Gasteiger partial charge in [0.15, 0.2) is 0 Å². The molecule has 6 nitrogen and oxygen atoms in total. The summed E-state index contributed by atoms with van der Waals surface area (Å²) < 4.78 is 5.35. The lowest BCUT2D eigenvalue weighted by molar-refractivity contribution is -0.0511. The molecule has 160 valence electrons. The lowest BCUT2D eigenvalue weighted by atomic mass is 9.73. The number of hydrogen-bond acceptors (Lipinski definition) is 4. The van der Waals surface area contributed by atoms with Gasteiger partial charge in [0.25, 0.3) is 5.91 Å². The van der Waals surface area contributed by atoms with Crippen molar-refractivity contribution in [1.82, 2.24) is 20.0 Å². The molecule has 0 unspecified atom stereocenters. The number of likely N-dealkylation sites (tertiary alicyclic amines) is 1. The molecule has 30 heavy (non-hydrogen) atoms. The lowest BCUT2D eigenvalue weighted by Gasteiger charge is -2.55. The van der Waals surface area contributed by atoms with Crippen molar-refractivity contribution in [3.05, 3.63) is 46.8 Å². The van der Waals surface area contributed by atoms with Crippen LogP contribution in [0.1, 0.15) is 59.0 Å². The molecule has 4 atom stereocenters. The minimum atomic E-state index is 0.157. The highest BCUT2D eigenvalue weighted by Gasteiger charge is 2.46. The number of carbonyl (C=O) groups is 1. The van der Waals surface area contributed by atoms with Crippen molar-refractivity contribution in [1.29, 1.82) is 0 Å². The maximum atomic E-state index is 13.3. The molecular formula is C24H32N4O2. The van der Waals surface area contributed by atoms with Crippen LogP contribution in [0.3, 0.4) is 0 Å². The molecule has 1 N–H and O–H groups in total. The average molecular weight is 409 g/mol. The predicted molar refractivity (Wildman–Crippen MR) is 116 cm³/mol. The first-order valence-corrected chi connectivity index (χ1v) is 11.3. The van der Waals surface area contributed by atoms with Crippen LogP contribution in [0.2, 0.25) is 0 Å². The summed E-state index contributed by atoms with van der Waals surface area (Å²) in [6, 6.07) is 9.69. The summed E-state index contributed by atoms with van der Waals surface area (Å²) in [6.45, 7) is 6.68. The van der Waals surface area contributed by atoms with E-state index < -0.39 is 0 Å². The Kier molecular flexibility index (Phi) is 5.05. The number of nitrogens with one attached hydrogen (secondary N) is 1. The molecule has 5 rings (SSSR count). The summed E-state index contributed by atoms with van der Waals surface area (Å²) in [4.78, 5) is 18.2.